The Kier molecular flexibility index (Phi) is 1.27. The first kappa shape index (κ1) is 6.89. The normalized spacial score (nSPS) is 34.2. The highest BCUT2D eigenvalue weighted by atomic mass is 16.5. The van der Waals surface area contributed by atoms with Gasteiger partial charge >= 0.3 is 0 Å². The van der Waals surface area contributed by atoms with Gasteiger partial charge in [0.1, 0.15) is 0 Å². The van der Waals surface area contributed by atoms with Gasteiger partial charge in [0.15, 0.2) is 0 Å². The highest BCUT2D eigenvalue weighted by Crippen LogP contribution is 2.44. The number of hydrogen-bond acceptors (Lipinski definition) is 3. The molecule has 1 aromatic carbocycles. The molecule has 0 spiro atoms. The van der Waals surface area contributed by atoms with Gasteiger partial charge < -0.3 is 15.7 Å². The molecule has 2 bridgehead atoms. The van der Waals surface area contributed by atoms with Crippen LogP contribution in [0.25, 0.3) is 11.0 Å². The van der Waals surface area contributed by atoms with Crippen molar-refractivity contribution in [1.29, 1.82) is 0 Å². The van der Waals surface area contributed by atoms with E-state index in [1.807, 2.05) is 0 Å². The van der Waals surface area contributed by atoms with E-state index in [1.165, 1.54) is 12.1 Å². The van der Waals surface area contributed by atoms with Crippen molar-refractivity contribution in [3.63, 3.8) is 0 Å². The molecule has 1 aliphatic carbocycles. The predicted molar refractivity (Wildman–Crippen MR) is 64.8 cm³/mol. The standard InChI is InChI=1S/C13H13N3O2/c17-15-1-2-16(18)13-5-11-9-3-8(6-14-7-9)10(11)4-12(13)15/h1-2,4-5,8-9,14H,3,6-7H2/i6D2,7D2. The van der Waals surface area contributed by atoms with Crippen molar-refractivity contribution in [2.45, 2.75) is 18.3 Å². The minimum atomic E-state index is -1.91. The average Bonchev–Trinajstić information content (AvgIpc) is 2.77. The van der Waals surface area contributed by atoms with Gasteiger partial charge in [-0.05, 0) is 29.4 Å². The topological polar surface area (TPSA) is 65.9 Å². The summed E-state index contributed by atoms with van der Waals surface area (Å²) in [4.78, 5) is 0. The second-order valence-electron chi connectivity index (χ2n) is 4.67. The molecule has 5 heteroatoms. The summed E-state index contributed by atoms with van der Waals surface area (Å²) < 4.78 is 33.4. The van der Waals surface area contributed by atoms with Crippen molar-refractivity contribution >= 4 is 11.0 Å². The Morgan fingerprint density at radius 3 is 2.06 bits per heavy atom. The van der Waals surface area contributed by atoms with E-state index < -0.39 is 24.8 Å². The quantitative estimate of drug-likeness (QED) is 0.537. The monoisotopic (exact) mass is 247 g/mol. The molecule has 2 aliphatic rings. The Bertz CT molecular complexity index is 747. The van der Waals surface area contributed by atoms with Gasteiger partial charge in [-0.2, -0.15) is 9.46 Å². The van der Waals surface area contributed by atoms with Gasteiger partial charge in [0.2, 0.25) is 12.4 Å². The van der Waals surface area contributed by atoms with Crippen molar-refractivity contribution in [2.75, 3.05) is 13.0 Å². The third-order valence-corrected chi connectivity index (χ3v) is 3.71. The molecule has 18 heavy (non-hydrogen) atoms. The maximum Gasteiger partial charge on any atom is 0.290 e. The van der Waals surface area contributed by atoms with Gasteiger partial charge in [0, 0.05) is 30.6 Å². The average molecular weight is 247 g/mol. The summed E-state index contributed by atoms with van der Waals surface area (Å²) in [5.74, 6) is -1.08. The lowest BCUT2D eigenvalue weighted by Crippen LogP contribution is -2.37. The molecule has 1 saturated heterocycles. The maximum atomic E-state index is 11.9. The molecule has 1 fully saturated rings. The number of piperidine rings is 1. The first-order valence-electron chi connectivity index (χ1n) is 7.79. The molecule has 1 aliphatic heterocycles. The van der Waals surface area contributed by atoms with Crippen LogP contribution in [0.4, 0.5) is 0 Å². The van der Waals surface area contributed by atoms with Gasteiger partial charge in [-0.3, -0.25) is 0 Å². The van der Waals surface area contributed by atoms with Crippen LogP contribution in [0.15, 0.2) is 24.5 Å². The van der Waals surface area contributed by atoms with E-state index in [-0.39, 0.29) is 11.0 Å². The van der Waals surface area contributed by atoms with E-state index in [9.17, 15) is 10.4 Å². The van der Waals surface area contributed by atoms with E-state index in [0.717, 1.165) is 12.4 Å². The zero-order chi connectivity index (χ0) is 15.9. The van der Waals surface area contributed by atoms with Crippen molar-refractivity contribution in [2.24, 2.45) is 0 Å². The lowest BCUT2D eigenvalue weighted by molar-refractivity contribution is -0.628. The number of nitrogens with zero attached hydrogens (tertiary/aromatic N) is 2. The number of benzene rings is 1. The molecular weight excluding hydrogens is 230 g/mol. The van der Waals surface area contributed by atoms with Crippen LogP contribution < -0.4 is 14.8 Å². The number of nitrogens with one attached hydrogen (secondary N) is 1. The molecule has 4 rings (SSSR count). The fourth-order valence-electron chi connectivity index (χ4n) is 2.83. The first-order valence-corrected chi connectivity index (χ1v) is 5.79. The first-order chi connectivity index (χ1) is 10.2. The van der Waals surface area contributed by atoms with Crippen LogP contribution in [-0.4, -0.2) is 13.0 Å². The highest BCUT2D eigenvalue weighted by molar-refractivity contribution is 5.72. The van der Waals surface area contributed by atoms with Gasteiger partial charge in [-0.1, -0.05) is 0 Å². The van der Waals surface area contributed by atoms with Crippen LogP contribution in [0, 0.1) is 10.4 Å². The van der Waals surface area contributed by atoms with Crippen LogP contribution >= 0.6 is 0 Å². The summed E-state index contributed by atoms with van der Waals surface area (Å²) in [6, 6.07) is 3.05. The summed E-state index contributed by atoms with van der Waals surface area (Å²) in [7, 11) is 0. The minimum Gasteiger partial charge on any atom is -0.618 e. The Morgan fingerprint density at radius 1 is 1.06 bits per heavy atom. The number of fused-ring (bicyclic) bond motifs is 6. The van der Waals surface area contributed by atoms with E-state index >= 15 is 0 Å². The molecule has 5 nitrogen and oxygen atoms in total. The van der Waals surface area contributed by atoms with Crippen LogP contribution in [-0.2, 0) is 0 Å². The summed E-state index contributed by atoms with van der Waals surface area (Å²) in [5.41, 5.74) is 1.54. The van der Waals surface area contributed by atoms with Gasteiger partial charge in [-0.25, -0.2) is 0 Å². The summed E-state index contributed by atoms with van der Waals surface area (Å²) in [6.07, 6.45) is 2.53. The molecule has 1 N–H and O–H groups in total. The zero-order valence-electron chi connectivity index (χ0n) is 13.4. The summed E-state index contributed by atoms with van der Waals surface area (Å²) >= 11 is 0. The van der Waals surface area contributed by atoms with Crippen molar-refractivity contribution in [3.05, 3.63) is 46.1 Å². The molecule has 0 amide bonds. The van der Waals surface area contributed by atoms with Gasteiger partial charge in [0.05, 0.1) is 0 Å². The zero-order valence-corrected chi connectivity index (χ0v) is 9.38. The lowest BCUT2D eigenvalue weighted by Gasteiger charge is -2.19. The fourth-order valence-corrected chi connectivity index (χ4v) is 2.83. The SMILES string of the molecule is [2H]C1([2H])NC([2H])([2H])C2CC1c1cc3c(cc12)[n+]([O-])cc[n+]3[O-]. The minimum absolute atomic E-state index is 0.167. The Hall–Kier alpha value is -1.88. The fraction of sp³-hybridized carbons (Fsp3) is 0.385. The summed E-state index contributed by atoms with van der Waals surface area (Å²) in [5, 5.41) is 26.2. The van der Waals surface area contributed by atoms with E-state index in [2.05, 4.69) is 5.32 Å². The number of aromatic nitrogens is 2. The number of hydrogen-bond donors (Lipinski definition) is 1. The molecule has 92 valence electrons. The smallest absolute Gasteiger partial charge is 0.290 e. The molecular formula is C13H13N3O2. The summed E-state index contributed by atoms with van der Waals surface area (Å²) in [6.45, 7) is -3.82. The Morgan fingerprint density at radius 2 is 1.56 bits per heavy atom. The number of rotatable bonds is 0. The molecule has 2 heterocycles. The lowest BCUT2D eigenvalue weighted by atomic mass is 9.98. The Balaban J connectivity index is 2.04. The van der Waals surface area contributed by atoms with Gasteiger partial charge in [-0.15, -0.1) is 0 Å². The molecule has 2 unspecified atom stereocenters. The molecule has 0 saturated carbocycles. The highest BCUT2D eigenvalue weighted by Gasteiger charge is 2.36. The maximum absolute atomic E-state index is 11.9. The van der Waals surface area contributed by atoms with Crippen molar-refractivity contribution in [3.8, 4) is 0 Å². The van der Waals surface area contributed by atoms with E-state index in [1.54, 1.807) is 0 Å². The third kappa shape index (κ3) is 1.19. The van der Waals surface area contributed by atoms with Crippen LogP contribution in [0.1, 0.15) is 34.9 Å². The van der Waals surface area contributed by atoms with Gasteiger partial charge in [0.25, 0.3) is 11.0 Å². The second-order valence-corrected chi connectivity index (χ2v) is 4.67. The molecule has 1 aromatic heterocycles. The van der Waals surface area contributed by atoms with E-state index in [4.69, 9.17) is 5.48 Å². The molecule has 2 aromatic rings. The third-order valence-electron chi connectivity index (χ3n) is 3.71. The second kappa shape index (κ2) is 3.32. The van der Waals surface area contributed by atoms with E-state index in [0.29, 0.717) is 27.0 Å². The molecule has 0 radical (unpaired) electrons. The Labute approximate surface area is 109 Å². The molecule has 2 atom stereocenters. The van der Waals surface area contributed by atoms with Crippen LogP contribution in [0.2, 0.25) is 0 Å². The van der Waals surface area contributed by atoms with Crippen LogP contribution in [0.5, 0.6) is 0 Å². The predicted octanol–water partition coefficient (Wildman–Crippen LogP) is 0.281. The van der Waals surface area contributed by atoms with Crippen molar-refractivity contribution < 1.29 is 14.9 Å². The van der Waals surface area contributed by atoms with Crippen molar-refractivity contribution in [1.82, 2.24) is 5.32 Å². The largest absolute Gasteiger partial charge is 0.618 e. The van der Waals surface area contributed by atoms with Crippen LogP contribution in [0.3, 0.4) is 0 Å².